The smallest absolute Gasteiger partial charge is 0.248 e. The molecule has 170 valence electrons. The Balaban J connectivity index is 1.27. The molecule has 0 spiro atoms. The Bertz CT molecular complexity index is 1080. The average molecular weight is 460 g/mol. The highest BCUT2D eigenvalue weighted by Crippen LogP contribution is 2.20. The lowest BCUT2D eigenvalue weighted by Crippen LogP contribution is -2.31. The predicted octanol–water partition coefficient (Wildman–Crippen LogP) is 5.17. The summed E-state index contributed by atoms with van der Waals surface area (Å²) in [5.74, 6) is 3.05. The maximum absolute atomic E-state index is 12.4. The van der Waals surface area contributed by atoms with Crippen LogP contribution >= 0.6 is 11.8 Å². The number of anilines is 1. The molecular weight excluding hydrogens is 430 g/mol. The summed E-state index contributed by atoms with van der Waals surface area (Å²) >= 11 is 2.02. The lowest BCUT2D eigenvalue weighted by molar-refractivity contribution is -0.111. The summed E-state index contributed by atoms with van der Waals surface area (Å²) in [7, 11) is 0. The van der Waals surface area contributed by atoms with E-state index < -0.39 is 0 Å². The number of nitrogens with one attached hydrogen (secondary N) is 1. The van der Waals surface area contributed by atoms with E-state index in [9.17, 15) is 4.79 Å². The number of nitrogens with zero attached hydrogens (tertiary/aromatic N) is 2. The van der Waals surface area contributed by atoms with Crippen molar-refractivity contribution in [1.29, 1.82) is 0 Å². The van der Waals surface area contributed by atoms with Crippen molar-refractivity contribution < 1.29 is 9.53 Å². The Morgan fingerprint density at radius 2 is 1.94 bits per heavy atom. The van der Waals surface area contributed by atoms with E-state index in [0.717, 1.165) is 47.8 Å². The van der Waals surface area contributed by atoms with Crippen molar-refractivity contribution in [2.45, 2.75) is 20.1 Å². The summed E-state index contributed by atoms with van der Waals surface area (Å²) in [5, 5.41) is 2.99. The van der Waals surface area contributed by atoms with Crippen LogP contribution in [0.5, 0.6) is 5.75 Å². The highest BCUT2D eigenvalue weighted by molar-refractivity contribution is 7.99. The molecule has 5 nitrogen and oxygen atoms in total. The van der Waals surface area contributed by atoms with Crippen LogP contribution in [0.1, 0.15) is 22.3 Å². The molecule has 0 bridgehead atoms. The fourth-order valence-corrected chi connectivity index (χ4v) is 4.63. The predicted molar refractivity (Wildman–Crippen MR) is 136 cm³/mol. The maximum Gasteiger partial charge on any atom is 0.248 e. The number of hydrogen-bond donors (Lipinski definition) is 1. The molecule has 1 N–H and O–H groups in total. The van der Waals surface area contributed by atoms with Crippen LogP contribution in [0.3, 0.4) is 0 Å². The summed E-state index contributed by atoms with van der Waals surface area (Å²) in [4.78, 5) is 19.0. The Hall–Kier alpha value is -3.09. The van der Waals surface area contributed by atoms with Gasteiger partial charge in [0.05, 0.1) is 0 Å². The van der Waals surface area contributed by atoms with E-state index >= 15 is 0 Å². The van der Waals surface area contributed by atoms with Crippen LogP contribution in [0.2, 0.25) is 0 Å². The zero-order valence-corrected chi connectivity index (χ0v) is 19.7. The van der Waals surface area contributed by atoms with Gasteiger partial charge in [0, 0.05) is 60.9 Å². The van der Waals surface area contributed by atoms with Crippen LogP contribution in [-0.2, 0) is 17.9 Å². The van der Waals surface area contributed by atoms with E-state index in [1.807, 2.05) is 61.2 Å². The molecule has 1 amide bonds. The third kappa shape index (κ3) is 7.20. The lowest BCUT2D eigenvalue weighted by atomic mass is 10.1. The maximum atomic E-state index is 12.4. The molecule has 0 saturated carbocycles. The first-order chi connectivity index (χ1) is 16.2. The van der Waals surface area contributed by atoms with Gasteiger partial charge in [-0.1, -0.05) is 30.3 Å². The van der Waals surface area contributed by atoms with Crippen molar-refractivity contribution in [1.82, 2.24) is 9.88 Å². The van der Waals surface area contributed by atoms with Crippen LogP contribution in [0, 0.1) is 6.92 Å². The molecule has 1 fully saturated rings. The van der Waals surface area contributed by atoms with Gasteiger partial charge in [-0.05, 0) is 54.0 Å². The number of ether oxygens (including phenoxy) is 1. The van der Waals surface area contributed by atoms with Crippen LogP contribution in [0.25, 0.3) is 6.08 Å². The standard InChI is InChI=1S/C27H29N3O2S/c1-21-17-23(19-30-13-15-33-16-14-30)6-10-26(21)29-27(31)11-7-22-4-8-25(9-5-22)32-20-24-3-2-12-28-18-24/h2-12,17-18H,13-16,19-20H2,1H3,(H,29,31)/b11-7+. The minimum Gasteiger partial charge on any atom is -0.489 e. The molecule has 6 heteroatoms. The molecule has 4 rings (SSSR count). The van der Waals surface area contributed by atoms with Gasteiger partial charge in [0.25, 0.3) is 0 Å². The zero-order chi connectivity index (χ0) is 22.9. The SMILES string of the molecule is Cc1cc(CN2CCSCC2)ccc1NC(=O)/C=C/c1ccc(OCc2cccnc2)cc1. The molecule has 0 atom stereocenters. The van der Waals surface area contributed by atoms with Crippen molar-refractivity contribution in [2.75, 3.05) is 29.9 Å². The highest BCUT2D eigenvalue weighted by Gasteiger charge is 2.11. The molecule has 2 aromatic carbocycles. The molecule has 1 aromatic heterocycles. The molecule has 3 aromatic rings. The third-order valence-corrected chi connectivity index (χ3v) is 6.44. The third-order valence-electron chi connectivity index (χ3n) is 5.49. The molecule has 1 aliphatic heterocycles. The Morgan fingerprint density at radius 3 is 2.67 bits per heavy atom. The van der Waals surface area contributed by atoms with E-state index in [-0.39, 0.29) is 5.91 Å². The quantitative estimate of drug-likeness (QED) is 0.471. The van der Waals surface area contributed by atoms with Crippen molar-refractivity contribution >= 4 is 29.4 Å². The fourth-order valence-electron chi connectivity index (χ4n) is 3.65. The highest BCUT2D eigenvalue weighted by atomic mass is 32.2. The van der Waals surface area contributed by atoms with Gasteiger partial charge in [-0.25, -0.2) is 0 Å². The Labute approximate surface area is 199 Å². The summed E-state index contributed by atoms with van der Waals surface area (Å²) in [6.45, 7) is 5.77. The van der Waals surface area contributed by atoms with E-state index in [1.165, 1.54) is 17.1 Å². The topological polar surface area (TPSA) is 54.5 Å². The van der Waals surface area contributed by atoms with Gasteiger partial charge < -0.3 is 10.1 Å². The Kier molecular flexibility index (Phi) is 8.17. The first-order valence-electron chi connectivity index (χ1n) is 11.2. The Morgan fingerprint density at radius 1 is 1.12 bits per heavy atom. The number of benzene rings is 2. The van der Waals surface area contributed by atoms with Crippen LogP contribution in [0.15, 0.2) is 73.1 Å². The second-order valence-electron chi connectivity index (χ2n) is 8.08. The van der Waals surface area contributed by atoms with Gasteiger partial charge in [-0.3, -0.25) is 14.7 Å². The summed E-state index contributed by atoms with van der Waals surface area (Å²) in [6, 6.07) is 17.8. The lowest BCUT2D eigenvalue weighted by Gasteiger charge is -2.26. The van der Waals surface area contributed by atoms with Crippen LogP contribution in [0.4, 0.5) is 5.69 Å². The molecule has 0 aliphatic carbocycles. The summed E-state index contributed by atoms with van der Waals surface area (Å²) in [6.07, 6.45) is 6.90. The number of aryl methyl sites for hydroxylation is 1. The van der Waals surface area contributed by atoms with Crippen molar-refractivity contribution in [3.8, 4) is 5.75 Å². The number of aromatic nitrogens is 1. The van der Waals surface area contributed by atoms with Gasteiger partial charge in [0.15, 0.2) is 0 Å². The zero-order valence-electron chi connectivity index (χ0n) is 18.9. The van der Waals surface area contributed by atoms with Gasteiger partial charge in [-0.15, -0.1) is 0 Å². The van der Waals surface area contributed by atoms with Gasteiger partial charge in [0.2, 0.25) is 5.91 Å². The first kappa shape index (κ1) is 23.1. The second kappa shape index (κ2) is 11.7. The fraction of sp³-hybridized carbons (Fsp3) is 0.259. The number of carbonyl (C=O) groups is 1. The second-order valence-corrected chi connectivity index (χ2v) is 9.30. The van der Waals surface area contributed by atoms with Gasteiger partial charge in [-0.2, -0.15) is 11.8 Å². The van der Waals surface area contributed by atoms with Crippen molar-refractivity contribution in [3.05, 3.63) is 95.3 Å². The summed E-state index contributed by atoms with van der Waals surface area (Å²) in [5.41, 5.74) is 5.17. The minimum absolute atomic E-state index is 0.143. The van der Waals surface area contributed by atoms with Gasteiger partial charge >= 0.3 is 0 Å². The average Bonchev–Trinajstić information content (AvgIpc) is 2.85. The first-order valence-corrected chi connectivity index (χ1v) is 12.3. The molecule has 1 saturated heterocycles. The van der Waals surface area contributed by atoms with Crippen molar-refractivity contribution in [2.24, 2.45) is 0 Å². The number of thioether (sulfide) groups is 1. The number of rotatable bonds is 8. The number of amides is 1. The van der Waals surface area contributed by atoms with E-state index in [1.54, 1.807) is 24.5 Å². The van der Waals surface area contributed by atoms with Crippen LogP contribution < -0.4 is 10.1 Å². The van der Waals surface area contributed by atoms with Crippen LogP contribution in [-0.4, -0.2) is 40.4 Å². The molecule has 1 aliphatic rings. The number of carbonyl (C=O) groups excluding carboxylic acids is 1. The van der Waals surface area contributed by atoms with E-state index in [0.29, 0.717) is 6.61 Å². The monoisotopic (exact) mass is 459 g/mol. The molecule has 2 heterocycles. The molecule has 33 heavy (non-hydrogen) atoms. The van der Waals surface area contributed by atoms with E-state index in [4.69, 9.17) is 4.74 Å². The van der Waals surface area contributed by atoms with Gasteiger partial charge in [0.1, 0.15) is 12.4 Å². The summed E-state index contributed by atoms with van der Waals surface area (Å²) < 4.78 is 5.77. The van der Waals surface area contributed by atoms with Crippen molar-refractivity contribution in [3.63, 3.8) is 0 Å². The van der Waals surface area contributed by atoms with E-state index in [2.05, 4.69) is 27.3 Å². The largest absolute Gasteiger partial charge is 0.489 e. The molecule has 0 unspecified atom stereocenters. The minimum atomic E-state index is -0.143. The number of hydrogen-bond acceptors (Lipinski definition) is 5. The normalized spacial score (nSPS) is 14.3. The number of pyridine rings is 1. The molecule has 0 radical (unpaired) electrons. The molecular formula is C27H29N3O2S.